The molecule has 0 aliphatic carbocycles. The maximum Gasteiger partial charge on any atom is 0.255 e. The molecule has 1 aliphatic heterocycles. The molecule has 3 rings (SSSR count). The second-order valence-electron chi connectivity index (χ2n) is 7.97. The Hall–Kier alpha value is -2.80. The summed E-state index contributed by atoms with van der Waals surface area (Å²) in [5.74, 6) is 0.759. The summed E-state index contributed by atoms with van der Waals surface area (Å²) in [6, 6.07) is 11.1. The summed E-state index contributed by atoms with van der Waals surface area (Å²) in [5, 5.41) is 3.18. The molecule has 0 atom stereocenters. The van der Waals surface area contributed by atoms with E-state index >= 15 is 0 Å². The van der Waals surface area contributed by atoms with Gasteiger partial charge in [0.05, 0.1) is 19.3 Å². The van der Waals surface area contributed by atoms with E-state index in [9.17, 15) is 9.18 Å². The molecule has 162 valence electrons. The van der Waals surface area contributed by atoms with Crippen molar-refractivity contribution in [3.63, 3.8) is 0 Å². The van der Waals surface area contributed by atoms with Gasteiger partial charge in [-0.15, -0.1) is 0 Å². The van der Waals surface area contributed by atoms with Crippen LogP contribution in [0.15, 0.2) is 42.5 Å². The highest BCUT2D eigenvalue weighted by molar-refractivity contribution is 5.97. The average Bonchev–Trinajstić information content (AvgIpc) is 2.73. The number of nitrogens with two attached hydrogens (primary N) is 1. The third kappa shape index (κ3) is 5.86. The molecule has 3 N–H and O–H groups in total. The van der Waals surface area contributed by atoms with Gasteiger partial charge in [-0.05, 0) is 62.6 Å². The number of anilines is 1. The van der Waals surface area contributed by atoms with Crippen molar-refractivity contribution in [2.45, 2.75) is 31.7 Å². The number of methoxy groups -OCH3 is 1. The summed E-state index contributed by atoms with van der Waals surface area (Å²) >= 11 is 0. The van der Waals surface area contributed by atoms with Gasteiger partial charge >= 0.3 is 0 Å². The number of rotatable bonds is 8. The van der Waals surface area contributed by atoms with E-state index in [4.69, 9.17) is 15.2 Å². The SMILES string of the molecule is COc1cc(N)ccc1C(=O)NC1(C)CCN(CCCOc2ccc(F)cc2)CC1. The second kappa shape index (κ2) is 9.80. The van der Waals surface area contributed by atoms with Crippen molar-refractivity contribution >= 4 is 11.6 Å². The number of benzene rings is 2. The smallest absolute Gasteiger partial charge is 0.255 e. The summed E-state index contributed by atoms with van der Waals surface area (Å²) in [4.78, 5) is 15.2. The molecule has 1 saturated heterocycles. The number of likely N-dealkylation sites (tertiary alicyclic amines) is 1. The predicted molar refractivity (Wildman–Crippen MR) is 115 cm³/mol. The third-order valence-corrected chi connectivity index (χ3v) is 5.55. The number of nitrogens with zero attached hydrogens (tertiary/aromatic N) is 1. The fourth-order valence-electron chi connectivity index (χ4n) is 3.64. The van der Waals surface area contributed by atoms with Crippen LogP contribution in [0, 0.1) is 5.82 Å². The molecule has 1 fully saturated rings. The molecule has 30 heavy (non-hydrogen) atoms. The number of amides is 1. The Morgan fingerprint density at radius 1 is 1.20 bits per heavy atom. The van der Waals surface area contributed by atoms with Crippen molar-refractivity contribution in [3.05, 3.63) is 53.8 Å². The number of nitrogens with one attached hydrogen (secondary N) is 1. The molecule has 0 radical (unpaired) electrons. The first-order valence-corrected chi connectivity index (χ1v) is 10.3. The number of ether oxygens (including phenoxy) is 2. The zero-order valence-corrected chi connectivity index (χ0v) is 17.6. The normalized spacial score (nSPS) is 16.1. The van der Waals surface area contributed by atoms with Gasteiger partial charge in [0, 0.05) is 36.9 Å². The Morgan fingerprint density at radius 2 is 1.90 bits per heavy atom. The molecule has 1 amide bonds. The molecule has 0 aromatic heterocycles. The number of carbonyl (C=O) groups excluding carboxylic acids is 1. The average molecular weight is 416 g/mol. The van der Waals surface area contributed by atoms with E-state index < -0.39 is 0 Å². The van der Waals surface area contributed by atoms with Gasteiger partial charge in [-0.3, -0.25) is 4.79 Å². The van der Waals surface area contributed by atoms with Crippen molar-refractivity contribution in [1.82, 2.24) is 10.2 Å². The topological polar surface area (TPSA) is 76.8 Å². The summed E-state index contributed by atoms with van der Waals surface area (Å²) < 4.78 is 23.9. The van der Waals surface area contributed by atoms with Crippen molar-refractivity contribution in [3.8, 4) is 11.5 Å². The van der Waals surface area contributed by atoms with Gasteiger partial charge in [0.2, 0.25) is 0 Å². The molecule has 2 aromatic carbocycles. The minimum absolute atomic E-state index is 0.143. The van der Waals surface area contributed by atoms with Crippen LogP contribution in [0.3, 0.4) is 0 Å². The van der Waals surface area contributed by atoms with E-state index in [-0.39, 0.29) is 17.3 Å². The van der Waals surface area contributed by atoms with Crippen LogP contribution in [0.25, 0.3) is 0 Å². The first-order valence-electron chi connectivity index (χ1n) is 10.3. The van der Waals surface area contributed by atoms with Crippen molar-refractivity contribution in [2.75, 3.05) is 39.1 Å². The van der Waals surface area contributed by atoms with E-state index in [1.807, 2.05) is 0 Å². The number of hydrogen-bond acceptors (Lipinski definition) is 5. The molecular formula is C23H30FN3O3. The standard InChI is InChI=1S/C23H30FN3O3/c1-23(26-22(28)20-9-6-18(25)16-21(20)29-2)10-13-27(14-11-23)12-3-15-30-19-7-4-17(24)5-8-19/h4-9,16H,3,10-15,25H2,1-2H3,(H,26,28). The van der Waals surface area contributed by atoms with Crippen LogP contribution in [0.4, 0.5) is 10.1 Å². The van der Waals surface area contributed by atoms with Crippen molar-refractivity contribution in [2.24, 2.45) is 0 Å². The zero-order chi connectivity index (χ0) is 21.6. The molecule has 0 spiro atoms. The molecule has 0 unspecified atom stereocenters. The van der Waals surface area contributed by atoms with E-state index in [0.717, 1.165) is 38.9 Å². The van der Waals surface area contributed by atoms with E-state index in [2.05, 4.69) is 17.1 Å². The lowest BCUT2D eigenvalue weighted by Gasteiger charge is -2.40. The summed E-state index contributed by atoms with van der Waals surface area (Å²) in [5.41, 5.74) is 6.57. The zero-order valence-electron chi connectivity index (χ0n) is 17.6. The summed E-state index contributed by atoms with van der Waals surface area (Å²) in [6.45, 7) is 5.42. The van der Waals surface area contributed by atoms with Gasteiger partial charge in [0.1, 0.15) is 17.3 Å². The van der Waals surface area contributed by atoms with Gasteiger partial charge < -0.3 is 25.4 Å². The minimum atomic E-state index is -0.263. The quantitative estimate of drug-likeness (QED) is 0.510. The van der Waals surface area contributed by atoms with Crippen molar-refractivity contribution < 1.29 is 18.7 Å². The maximum absolute atomic E-state index is 12.9. The van der Waals surface area contributed by atoms with Crippen LogP contribution >= 0.6 is 0 Å². The number of piperidine rings is 1. The van der Waals surface area contributed by atoms with Crippen LogP contribution in [-0.2, 0) is 0 Å². The van der Waals surface area contributed by atoms with Crippen LogP contribution in [0.5, 0.6) is 11.5 Å². The largest absolute Gasteiger partial charge is 0.496 e. The van der Waals surface area contributed by atoms with Gasteiger partial charge in [0.25, 0.3) is 5.91 Å². The summed E-state index contributed by atoms with van der Waals surface area (Å²) in [6.07, 6.45) is 2.63. The van der Waals surface area contributed by atoms with E-state index in [1.165, 1.54) is 19.2 Å². The fourth-order valence-corrected chi connectivity index (χ4v) is 3.64. The number of nitrogen functional groups attached to an aromatic ring is 1. The van der Waals surface area contributed by atoms with Crippen LogP contribution in [0.1, 0.15) is 36.5 Å². The molecule has 0 saturated carbocycles. The Kier molecular flexibility index (Phi) is 7.15. The molecule has 7 heteroatoms. The van der Waals surface area contributed by atoms with E-state index in [1.54, 1.807) is 30.3 Å². The highest BCUT2D eigenvalue weighted by Gasteiger charge is 2.32. The van der Waals surface area contributed by atoms with Gasteiger partial charge in [-0.2, -0.15) is 0 Å². The molecule has 1 heterocycles. The molecule has 6 nitrogen and oxygen atoms in total. The van der Waals surface area contributed by atoms with Crippen molar-refractivity contribution in [1.29, 1.82) is 0 Å². The van der Waals surface area contributed by atoms with Gasteiger partial charge in [-0.25, -0.2) is 4.39 Å². The van der Waals surface area contributed by atoms with Gasteiger partial charge in [0.15, 0.2) is 0 Å². The second-order valence-corrected chi connectivity index (χ2v) is 7.97. The lowest BCUT2D eigenvalue weighted by molar-refractivity contribution is 0.0827. The number of carbonyl (C=O) groups is 1. The first-order chi connectivity index (χ1) is 14.4. The highest BCUT2D eigenvalue weighted by atomic mass is 19.1. The maximum atomic E-state index is 12.9. The number of halogens is 1. The Bertz CT molecular complexity index is 849. The fraction of sp³-hybridized carbons (Fsp3) is 0.435. The Morgan fingerprint density at radius 3 is 2.57 bits per heavy atom. The van der Waals surface area contributed by atoms with Crippen LogP contribution in [-0.4, -0.2) is 49.7 Å². The van der Waals surface area contributed by atoms with Crippen LogP contribution < -0.4 is 20.5 Å². The summed E-state index contributed by atoms with van der Waals surface area (Å²) in [7, 11) is 1.53. The molecular weight excluding hydrogens is 385 g/mol. The monoisotopic (exact) mass is 415 g/mol. The number of hydrogen-bond donors (Lipinski definition) is 2. The molecule has 1 aliphatic rings. The highest BCUT2D eigenvalue weighted by Crippen LogP contribution is 2.26. The van der Waals surface area contributed by atoms with Gasteiger partial charge in [-0.1, -0.05) is 0 Å². The minimum Gasteiger partial charge on any atom is -0.496 e. The molecule has 0 bridgehead atoms. The predicted octanol–water partition coefficient (Wildman–Crippen LogP) is 3.47. The Balaban J connectivity index is 1.42. The van der Waals surface area contributed by atoms with Crippen LogP contribution in [0.2, 0.25) is 0 Å². The first kappa shape index (κ1) is 21.9. The Labute approximate surface area is 177 Å². The third-order valence-electron chi connectivity index (χ3n) is 5.55. The lowest BCUT2D eigenvalue weighted by Crippen LogP contribution is -2.53. The lowest BCUT2D eigenvalue weighted by atomic mass is 9.89. The molecule has 2 aromatic rings. The van der Waals surface area contributed by atoms with E-state index in [0.29, 0.717) is 29.4 Å².